The molecule has 0 aromatic heterocycles. The first-order valence-electron chi connectivity index (χ1n) is 5.24. The quantitative estimate of drug-likeness (QED) is 0.462. The highest BCUT2D eigenvalue weighted by molar-refractivity contribution is 4.65. The molecule has 0 spiro atoms. The van der Waals surface area contributed by atoms with Crippen LogP contribution in [0.2, 0.25) is 0 Å². The number of nitrogens with zero attached hydrogens (tertiary/aromatic N) is 1. The van der Waals surface area contributed by atoms with E-state index in [2.05, 4.69) is 33.2 Å². The summed E-state index contributed by atoms with van der Waals surface area (Å²) in [6.07, 6.45) is 2.36. The Bertz CT molecular complexity index is 118. The van der Waals surface area contributed by atoms with Crippen LogP contribution in [-0.4, -0.2) is 13.2 Å². The standard InChI is InChI=1S/C11H24NO/c1-6-12-13-8-7-10(2)9-11(3,4)5/h10H,6-9H2,1-5H3. The first-order valence-corrected chi connectivity index (χ1v) is 5.24. The van der Waals surface area contributed by atoms with Gasteiger partial charge in [-0.15, -0.1) is 0 Å². The summed E-state index contributed by atoms with van der Waals surface area (Å²) in [7, 11) is 0. The molecule has 0 amide bonds. The van der Waals surface area contributed by atoms with Crippen molar-refractivity contribution in [3.63, 3.8) is 0 Å². The fraction of sp³-hybridized carbons (Fsp3) is 1.00. The summed E-state index contributed by atoms with van der Waals surface area (Å²) in [5.74, 6) is 0.729. The zero-order valence-corrected chi connectivity index (χ0v) is 9.76. The van der Waals surface area contributed by atoms with Crippen LogP contribution in [0.1, 0.15) is 47.5 Å². The van der Waals surface area contributed by atoms with Gasteiger partial charge in [0.25, 0.3) is 0 Å². The molecule has 0 saturated carbocycles. The van der Waals surface area contributed by atoms with Crippen molar-refractivity contribution in [2.24, 2.45) is 11.3 Å². The lowest BCUT2D eigenvalue weighted by Gasteiger charge is -2.22. The molecular formula is C11H24NO. The zero-order chi connectivity index (χ0) is 10.3. The molecular weight excluding hydrogens is 162 g/mol. The molecule has 0 saturated heterocycles. The van der Waals surface area contributed by atoms with Crippen LogP contribution in [0.3, 0.4) is 0 Å². The van der Waals surface area contributed by atoms with Crippen molar-refractivity contribution >= 4 is 0 Å². The monoisotopic (exact) mass is 186 g/mol. The normalized spacial score (nSPS) is 14.5. The van der Waals surface area contributed by atoms with Gasteiger partial charge in [-0.25, -0.2) is 0 Å². The minimum Gasteiger partial charge on any atom is -0.282 e. The van der Waals surface area contributed by atoms with Gasteiger partial charge in [0, 0.05) is 6.54 Å². The number of hydrogen-bond donors (Lipinski definition) is 0. The summed E-state index contributed by atoms with van der Waals surface area (Å²) >= 11 is 0. The first-order chi connectivity index (χ1) is 5.95. The molecule has 0 rings (SSSR count). The Kier molecular flexibility index (Phi) is 6.35. The molecule has 79 valence electrons. The zero-order valence-electron chi connectivity index (χ0n) is 9.76. The van der Waals surface area contributed by atoms with Crippen LogP contribution in [-0.2, 0) is 4.84 Å². The molecule has 1 radical (unpaired) electrons. The number of hydroxylamine groups is 1. The van der Waals surface area contributed by atoms with Gasteiger partial charge in [0.15, 0.2) is 0 Å². The van der Waals surface area contributed by atoms with E-state index in [0.717, 1.165) is 25.5 Å². The van der Waals surface area contributed by atoms with E-state index in [1.54, 1.807) is 0 Å². The molecule has 0 aromatic rings. The van der Waals surface area contributed by atoms with Crippen molar-refractivity contribution in [2.75, 3.05) is 13.2 Å². The van der Waals surface area contributed by atoms with E-state index in [1.807, 2.05) is 6.92 Å². The predicted molar refractivity (Wildman–Crippen MR) is 56.5 cm³/mol. The molecule has 0 aromatic carbocycles. The highest BCUT2D eigenvalue weighted by Crippen LogP contribution is 2.25. The molecule has 1 unspecified atom stereocenters. The average Bonchev–Trinajstić information content (AvgIpc) is 1.94. The summed E-state index contributed by atoms with van der Waals surface area (Å²) in [6.45, 7) is 12.6. The minimum absolute atomic E-state index is 0.432. The van der Waals surface area contributed by atoms with Crippen molar-refractivity contribution in [1.82, 2.24) is 5.48 Å². The summed E-state index contributed by atoms with van der Waals surface area (Å²) < 4.78 is 0. The minimum atomic E-state index is 0.432. The highest BCUT2D eigenvalue weighted by atomic mass is 16.6. The third-order valence-corrected chi connectivity index (χ3v) is 1.88. The van der Waals surface area contributed by atoms with E-state index in [9.17, 15) is 0 Å². The van der Waals surface area contributed by atoms with Gasteiger partial charge < -0.3 is 0 Å². The largest absolute Gasteiger partial charge is 0.282 e. The maximum Gasteiger partial charge on any atom is 0.0705 e. The second-order valence-electron chi connectivity index (χ2n) is 4.94. The molecule has 0 aliphatic carbocycles. The lowest BCUT2D eigenvalue weighted by atomic mass is 9.84. The van der Waals surface area contributed by atoms with Crippen LogP contribution in [0.5, 0.6) is 0 Å². The molecule has 2 heteroatoms. The van der Waals surface area contributed by atoms with Crippen LogP contribution in [0.25, 0.3) is 0 Å². The fourth-order valence-electron chi connectivity index (χ4n) is 1.56. The Morgan fingerprint density at radius 1 is 1.31 bits per heavy atom. The molecule has 0 N–H and O–H groups in total. The summed E-state index contributed by atoms with van der Waals surface area (Å²) in [4.78, 5) is 5.09. The Balaban J connectivity index is 3.35. The molecule has 0 bridgehead atoms. The maximum atomic E-state index is 5.09. The van der Waals surface area contributed by atoms with Gasteiger partial charge in [-0.05, 0) is 31.1 Å². The second kappa shape index (κ2) is 6.39. The van der Waals surface area contributed by atoms with Crippen molar-refractivity contribution in [3.05, 3.63) is 0 Å². The topological polar surface area (TPSA) is 23.3 Å². The van der Waals surface area contributed by atoms with Gasteiger partial charge in [-0.1, -0.05) is 33.2 Å². The van der Waals surface area contributed by atoms with Crippen molar-refractivity contribution in [1.29, 1.82) is 0 Å². The predicted octanol–water partition coefficient (Wildman–Crippen LogP) is 3.00. The lowest BCUT2D eigenvalue weighted by molar-refractivity contribution is 0.0265. The lowest BCUT2D eigenvalue weighted by Crippen LogP contribution is -2.14. The van der Waals surface area contributed by atoms with Gasteiger partial charge in [-0.3, -0.25) is 4.84 Å². The van der Waals surface area contributed by atoms with Crippen molar-refractivity contribution in [3.8, 4) is 0 Å². The smallest absolute Gasteiger partial charge is 0.0705 e. The van der Waals surface area contributed by atoms with Gasteiger partial charge in [0.2, 0.25) is 0 Å². The molecule has 0 aliphatic heterocycles. The summed E-state index contributed by atoms with van der Waals surface area (Å²) in [5.41, 5.74) is 4.27. The first kappa shape index (κ1) is 12.9. The van der Waals surface area contributed by atoms with E-state index in [-0.39, 0.29) is 0 Å². The van der Waals surface area contributed by atoms with Gasteiger partial charge >= 0.3 is 0 Å². The van der Waals surface area contributed by atoms with Crippen LogP contribution >= 0.6 is 0 Å². The number of rotatable bonds is 6. The van der Waals surface area contributed by atoms with E-state index < -0.39 is 0 Å². The summed E-state index contributed by atoms with van der Waals surface area (Å²) in [5, 5.41) is 0. The van der Waals surface area contributed by atoms with Gasteiger partial charge in [0.1, 0.15) is 0 Å². The highest BCUT2D eigenvalue weighted by Gasteiger charge is 2.14. The van der Waals surface area contributed by atoms with Crippen molar-refractivity contribution < 1.29 is 4.84 Å². The molecule has 0 fully saturated rings. The Morgan fingerprint density at radius 3 is 2.38 bits per heavy atom. The summed E-state index contributed by atoms with van der Waals surface area (Å²) in [6, 6.07) is 0. The number of hydrogen-bond acceptors (Lipinski definition) is 1. The molecule has 2 nitrogen and oxygen atoms in total. The molecule has 1 atom stereocenters. The van der Waals surface area contributed by atoms with E-state index in [1.165, 1.54) is 6.42 Å². The van der Waals surface area contributed by atoms with Crippen LogP contribution in [0.4, 0.5) is 0 Å². The van der Waals surface area contributed by atoms with Crippen LogP contribution in [0.15, 0.2) is 0 Å². The van der Waals surface area contributed by atoms with Crippen LogP contribution in [0, 0.1) is 11.3 Å². The molecule has 0 heterocycles. The Hall–Kier alpha value is -0.0800. The third-order valence-electron chi connectivity index (χ3n) is 1.88. The van der Waals surface area contributed by atoms with Crippen molar-refractivity contribution in [2.45, 2.75) is 47.5 Å². The van der Waals surface area contributed by atoms with E-state index >= 15 is 0 Å². The molecule has 13 heavy (non-hydrogen) atoms. The average molecular weight is 186 g/mol. The molecule has 0 aliphatic rings. The third kappa shape index (κ3) is 9.84. The van der Waals surface area contributed by atoms with Crippen LogP contribution < -0.4 is 5.48 Å². The Labute approximate surface area is 83.0 Å². The Morgan fingerprint density at radius 2 is 1.92 bits per heavy atom. The SMILES string of the molecule is CC[N]OCCC(C)CC(C)(C)C. The van der Waals surface area contributed by atoms with E-state index in [4.69, 9.17) is 4.84 Å². The second-order valence-corrected chi connectivity index (χ2v) is 4.94. The maximum absolute atomic E-state index is 5.09. The van der Waals surface area contributed by atoms with E-state index in [0.29, 0.717) is 5.41 Å². The fourth-order valence-corrected chi connectivity index (χ4v) is 1.56. The van der Waals surface area contributed by atoms with Gasteiger partial charge in [0.05, 0.1) is 6.61 Å². The van der Waals surface area contributed by atoms with Gasteiger partial charge in [-0.2, -0.15) is 0 Å².